The Morgan fingerprint density at radius 2 is 1.76 bits per heavy atom. The molecule has 0 spiro atoms. The van der Waals surface area contributed by atoms with Gasteiger partial charge in [-0.25, -0.2) is 0 Å². The maximum Gasteiger partial charge on any atom is 0.269 e. The SMILES string of the molecule is Cc1ccccc1NC(=O)/C(C#N)=C1\SC(Cc2ccc(Cl)c(Cl)c2)C(=O)N1c1ccccc1. The molecule has 1 atom stereocenters. The van der Waals surface area contributed by atoms with Gasteiger partial charge in [0, 0.05) is 11.4 Å². The van der Waals surface area contributed by atoms with Crippen LogP contribution in [-0.4, -0.2) is 17.1 Å². The Bertz CT molecular complexity index is 1340. The highest BCUT2D eigenvalue weighted by Crippen LogP contribution is 2.42. The number of nitrogens with one attached hydrogen (secondary N) is 1. The first-order valence-corrected chi connectivity index (χ1v) is 12.0. The average molecular weight is 508 g/mol. The van der Waals surface area contributed by atoms with Crippen LogP contribution in [0.3, 0.4) is 0 Å². The van der Waals surface area contributed by atoms with Crippen molar-refractivity contribution in [2.24, 2.45) is 0 Å². The summed E-state index contributed by atoms with van der Waals surface area (Å²) in [5.41, 5.74) is 2.77. The van der Waals surface area contributed by atoms with Crippen LogP contribution in [0.2, 0.25) is 10.0 Å². The van der Waals surface area contributed by atoms with E-state index in [4.69, 9.17) is 23.2 Å². The lowest BCUT2D eigenvalue weighted by molar-refractivity contribution is -0.117. The smallest absolute Gasteiger partial charge is 0.269 e. The molecule has 3 aromatic carbocycles. The van der Waals surface area contributed by atoms with Crippen LogP contribution in [0.25, 0.3) is 0 Å². The van der Waals surface area contributed by atoms with Crippen LogP contribution >= 0.6 is 35.0 Å². The summed E-state index contributed by atoms with van der Waals surface area (Å²) >= 11 is 13.4. The molecule has 1 fully saturated rings. The molecule has 4 rings (SSSR count). The quantitative estimate of drug-likeness (QED) is 0.321. The van der Waals surface area contributed by atoms with E-state index in [1.165, 1.54) is 16.7 Å². The molecule has 1 saturated heterocycles. The summed E-state index contributed by atoms with van der Waals surface area (Å²) in [6.45, 7) is 1.87. The zero-order valence-electron chi connectivity index (χ0n) is 18.1. The van der Waals surface area contributed by atoms with Crippen molar-refractivity contribution in [1.82, 2.24) is 0 Å². The van der Waals surface area contributed by atoms with E-state index in [2.05, 4.69) is 5.32 Å². The van der Waals surface area contributed by atoms with Gasteiger partial charge in [-0.1, -0.05) is 77.4 Å². The number of anilines is 2. The molecule has 1 heterocycles. The summed E-state index contributed by atoms with van der Waals surface area (Å²) in [6, 6.07) is 23.5. The van der Waals surface area contributed by atoms with Crippen molar-refractivity contribution in [2.45, 2.75) is 18.6 Å². The molecule has 8 heteroatoms. The second-order valence-corrected chi connectivity index (χ2v) is 9.64. The highest BCUT2D eigenvalue weighted by Gasteiger charge is 2.40. The van der Waals surface area contributed by atoms with Crippen molar-refractivity contribution in [3.63, 3.8) is 0 Å². The van der Waals surface area contributed by atoms with E-state index in [1.807, 2.05) is 37.3 Å². The van der Waals surface area contributed by atoms with Crippen molar-refractivity contribution in [2.75, 3.05) is 10.2 Å². The second-order valence-electron chi connectivity index (χ2n) is 7.63. The maximum atomic E-state index is 13.5. The fraction of sp³-hybridized carbons (Fsp3) is 0.115. The van der Waals surface area contributed by atoms with Crippen LogP contribution in [0, 0.1) is 18.3 Å². The highest BCUT2D eigenvalue weighted by molar-refractivity contribution is 8.05. The zero-order chi connectivity index (χ0) is 24.2. The van der Waals surface area contributed by atoms with Crippen LogP contribution in [0.1, 0.15) is 11.1 Å². The topological polar surface area (TPSA) is 73.2 Å². The van der Waals surface area contributed by atoms with Gasteiger partial charge in [0.15, 0.2) is 0 Å². The van der Waals surface area contributed by atoms with Crippen LogP contribution in [0.15, 0.2) is 83.4 Å². The third-order valence-electron chi connectivity index (χ3n) is 5.32. The lowest BCUT2D eigenvalue weighted by atomic mass is 10.1. The molecule has 34 heavy (non-hydrogen) atoms. The molecule has 5 nitrogen and oxygen atoms in total. The van der Waals surface area contributed by atoms with Gasteiger partial charge in [0.2, 0.25) is 5.91 Å². The summed E-state index contributed by atoms with van der Waals surface area (Å²) < 4.78 is 0. The predicted molar refractivity (Wildman–Crippen MR) is 138 cm³/mol. The Morgan fingerprint density at radius 1 is 1.06 bits per heavy atom. The lowest BCUT2D eigenvalue weighted by Crippen LogP contribution is -2.30. The predicted octanol–water partition coefficient (Wildman–Crippen LogP) is 6.37. The first-order valence-electron chi connectivity index (χ1n) is 10.4. The zero-order valence-corrected chi connectivity index (χ0v) is 20.4. The van der Waals surface area contributed by atoms with Crippen molar-refractivity contribution in [3.8, 4) is 6.07 Å². The number of aryl methyl sites for hydroxylation is 1. The van der Waals surface area contributed by atoms with Crippen molar-refractivity contribution in [1.29, 1.82) is 5.26 Å². The van der Waals surface area contributed by atoms with E-state index in [9.17, 15) is 14.9 Å². The Labute approximate surface area is 212 Å². The second kappa shape index (κ2) is 10.4. The third kappa shape index (κ3) is 4.97. The van der Waals surface area contributed by atoms with Crippen LogP contribution < -0.4 is 10.2 Å². The number of hydrogen-bond acceptors (Lipinski definition) is 4. The maximum absolute atomic E-state index is 13.5. The molecule has 0 radical (unpaired) electrons. The summed E-state index contributed by atoms with van der Waals surface area (Å²) in [6.07, 6.45) is 0.366. The summed E-state index contributed by atoms with van der Waals surface area (Å²) in [7, 11) is 0. The number of nitriles is 1. The van der Waals surface area contributed by atoms with E-state index >= 15 is 0 Å². The van der Waals surface area contributed by atoms with Crippen LogP contribution in [-0.2, 0) is 16.0 Å². The van der Waals surface area contributed by atoms with E-state index in [0.29, 0.717) is 32.9 Å². The fourth-order valence-corrected chi connectivity index (χ4v) is 5.21. The molecule has 3 aromatic rings. The van der Waals surface area contributed by atoms with E-state index in [-0.39, 0.29) is 11.5 Å². The van der Waals surface area contributed by atoms with E-state index < -0.39 is 11.2 Å². The standard InChI is InChI=1S/C26H19Cl2N3O2S/c1-16-7-5-6-10-22(16)30-24(32)19(15-29)26-31(18-8-3-2-4-9-18)25(33)23(34-26)14-17-11-12-20(27)21(28)13-17/h2-13,23H,14H2,1H3,(H,30,32)/b26-19-. The van der Waals surface area contributed by atoms with E-state index in [0.717, 1.165) is 11.1 Å². The number of benzene rings is 3. The molecular formula is C26H19Cl2N3O2S. The Balaban J connectivity index is 1.72. The molecule has 1 N–H and O–H groups in total. The minimum atomic E-state index is -0.566. The Hall–Kier alpha value is -3.24. The molecule has 1 aliphatic heterocycles. The number of carbonyl (C=O) groups excluding carboxylic acids is 2. The summed E-state index contributed by atoms with van der Waals surface area (Å²) in [5, 5.41) is 13.3. The number of nitrogens with zero attached hydrogens (tertiary/aromatic N) is 2. The van der Waals surface area contributed by atoms with Gasteiger partial charge < -0.3 is 5.32 Å². The first-order chi connectivity index (χ1) is 16.4. The number of amides is 2. The molecule has 0 bridgehead atoms. The number of thioether (sulfide) groups is 1. The van der Waals surface area contributed by atoms with Gasteiger partial charge in [0.05, 0.1) is 15.3 Å². The van der Waals surface area contributed by atoms with Crippen molar-refractivity contribution >= 4 is 58.2 Å². The average Bonchev–Trinajstić information content (AvgIpc) is 3.14. The lowest BCUT2D eigenvalue weighted by Gasteiger charge is -2.18. The van der Waals surface area contributed by atoms with Gasteiger partial charge in [-0.3, -0.25) is 14.5 Å². The van der Waals surface area contributed by atoms with Gasteiger partial charge >= 0.3 is 0 Å². The van der Waals surface area contributed by atoms with Crippen LogP contribution in [0.5, 0.6) is 0 Å². The molecule has 1 aliphatic rings. The normalized spacial score (nSPS) is 16.8. The number of hydrogen-bond donors (Lipinski definition) is 1. The number of rotatable bonds is 5. The van der Waals surface area contributed by atoms with E-state index in [1.54, 1.807) is 48.5 Å². The molecule has 1 unspecified atom stereocenters. The van der Waals surface area contributed by atoms with Gasteiger partial charge in [-0.15, -0.1) is 0 Å². The molecular weight excluding hydrogens is 489 g/mol. The van der Waals surface area contributed by atoms with Gasteiger partial charge in [-0.2, -0.15) is 5.26 Å². The highest BCUT2D eigenvalue weighted by atomic mass is 35.5. The molecule has 0 saturated carbocycles. The molecule has 0 aromatic heterocycles. The monoisotopic (exact) mass is 507 g/mol. The minimum absolute atomic E-state index is 0.123. The minimum Gasteiger partial charge on any atom is -0.321 e. The first kappa shape index (κ1) is 23.9. The Kier molecular flexibility index (Phi) is 7.28. The third-order valence-corrected chi connectivity index (χ3v) is 7.32. The Morgan fingerprint density at radius 3 is 2.44 bits per heavy atom. The number of para-hydroxylation sites is 2. The summed E-state index contributed by atoms with van der Waals surface area (Å²) in [5.74, 6) is -0.781. The van der Waals surface area contributed by atoms with Crippen molar-refractivity contribution < 1.29 is 9.59 Å². The van der Waals surface area contributed by atoms with Crippen molar-refractivity contribution in [3.05, 3.63) is 105 Å². The summed E-state index contributed by atoms with van der Waals surface area (Å²) in [4.78, 5) is 28.1. The van der Waals surface area contributed by atoms with Crippen LogP contribution in [0.4, 0.5) is 11.4 Å². The largest absolute Gasteiger partial charge is 0.321 e. The molecule has 2 amide bonds. The van der Waals surface area contributed by atoms with Gasteiger partial charge in [0.25, 0.3) is 5.91 Å². The fourth-order valence-electron chi connectivity index (χ4n) is 3.58. The number of halogens is 2. The van der Waals surface area contributed by atoms with Gasteiger partial charge in [-0.05, 0) is 54.8 Å². The molecule has 0 aliphatic carbocycles. The molecule has 170 valence electrons. The number of carbonyl (C=O) groups is 2. The van der Waals surface area contributed by atoms with Gasteiger partial charge in [0.1, 0.15) is 16.7 Å².